The molecular formula is C18H19BrClF. The van der Waals surface area contributed by atoms with Crippen LogP contribution in [0.3, 0.4) is 0 Å². The van der Waals surface area contributed by atoms with E-state index in [0.29, 0.717) is 4.47 Å². The molecule has 3 heteroatoms. The Morgan fingerprint density at radius 3 is 1.86 bits per heavy atom. The Morgan fingerprint density at radius 2 is 1.38 bits per heavy atom. The van der Waals surface area contributed by atoms with E-state index in [0.717, 1.165) is 11.1 Å². The number of alkyl halides is 1. The number of hydrogen-bond acceptors (Lipinski definition) is 0. The molecule has 0 aliphatic rings. The molecule has 0 nitrogen and oxygen atoms in total. The van der Waals surface area contributed by atoms with E-state index in [-0.39, 0.29) is 11.2 Å². The van der Waals surface area contributed by atoms with Gasteiger partial charge in [0.1, 0.15) is 5.82 Å². The summed E-state index contributed by atoms with van der Waals surface area (Å²) in [7, 11) is 0. The second-order valence-corrected chi connectivity index (χ2v) is 6.86. The van der Waals surface area contributed by atoms with Crippen molar-refractivity contribution < 1.29 is 4.39 Å². The number of halogens is 3. The highest BCUT2D eigenvalue weighted by Gasteiger charge is 2.21. The molecule has 0 heterocycles. The highest BCUT2D eigenvalue weighted by molar-refractivity contribution is 9.10. The summed E-state index contributed by atoms with van der Waals surface area (Å²) in [5.41, 5.74) is 8.32. The van der Waals surface area contributed by atoms with Crippen LogP contribution in [0.2, 0.25) is 0 Å². The Morgan fingerprint density at radius 1 is 0.905 bits per heavy atom. The van der Waals surface area contributed by atoms with Crippen LogP contribution >= 0.6 is 27.5 Å². The zero-order chi connectivity index (χ0) is 15.9. The molecule has 0 fully saturated rings. The Labute approximate surface area is 139 Å². The van der Waals surface area contributed by atoms with E-state index in [4.69, 9.17) is 11.6 Å². The monoisotopic (exact) mass is 368 g/mol. The fraction of sp³-hybridized carbons (Fsp3) is 0.333. The number of rotatable bonds is 2. The van der Waals surface area contributed by atoms with Crippen LogP contribution in [0.5, 0.6) is 0 Å². The van der Waals surface area contributed by atoms with Gasteiger partial charge in [-0.3, -0.25) is 0 Å². The van der Waals surface area contributed by atoms with E-state index in [1.807, 2.05) is 0 Å². The maximum absolute atomic E-state index is 13.3. The zero-order valence-electron chi connectivity index (χ0n) is 12.9. The lowest BCUT2D eigenvalue weighted by molar-refractivity contribution is 0.626. The van der Waals surface area contributed by atoms with Crippen LogP contribution in [0.15, 0.2) is 22.7 Å². The minimum atomic E-state index is -0.294. The van der Waals surface area contributed by atoms with Gasteiger partial charge in [0.05, 0.1) is 5.38 Å². The molecule has 0 aliphatic heterocycles. The van der Waals surface area contributed by atoms with Gasteiger partial charge in [-0.25, -0.2) is 4.39 Å². The molecule has 2 aromatic rings. The average molecular weight is 370 g/mol. The summed E-state index contributed by atoms with van der Waals surface area (Å²) in [5, 5.41) is -0.294. The fourth-order valence-corrected chi connectivity index (χ4v) is 4.00. The molecule has 2 rings (SSSR count). The van der Waals surface area contributed by atoms with Gasteiger partial charge in [-0.2, -0.15) is 0 Å². The second kappa shape index (κ2) is 6.10. The van der Waals surface area contributed by atoms with Crippen molar-refractivity contribution in [3.8, 4) is 0 Å². The lowest BCUT2D eigenvalue weighted by Gasteiger charge is -2.23. The van der Waals surface area contributed by atoms with Gasteiger partial charge in [-0.15, -0.1) is 11.6 Å². The van der Waals surface area contributed by atoms with Crippen molar-refractivity contribution in [2.75, 3.05) is 0 Å². The van der Waals surface area contributed by atoms with Gasteiger partial charge >= 0.3 is 0 Å². The van der Waals surface area contributed by atoms with Gasteiger partial charge in [0.25, 0.3) is 0 Å². The summed E-state index contributed by atoms with van der Waals surface area (Å²) < 4.78 is 14.0. The van der Waals surface area contributed by atoms with E-state index in [2.05, 4.69) is 50.5 Å². The van der Waals surface area contributed by atoms with Crippen molar-refractivity contribution in [3.63, 3.8) is 0 Å². The molecule has 0 saturated heterocycles. The van der Waals surface area contributed by atoms with E-state index >= 15 is 0 Å². The van der Waals surface area contributed by atoms with Gasteiger partial charge in [0, 0.05) is 4.47 Å². The van der Waals surface area contributed by atoms with Crippen molar-refractivity contribution in [3.05, 3.63) is 67.4 Å². The smallest absolute Gasteiger partial charge is 0.124 e. The second-order valence-electron chi connectivity index (χ2n) is 5.57. The average Bonchev–Trinajstić information content (AvgIpc) is 2.43. The first-order valence-corrected chi connectivity index (χ1v) is 8.14. The van der Waals surface area contributed by atoms with Gasteiger partial charge < -0.3 is 0 Å². The number of hydrogen-bond donors (Lipinski definition) is 0. The standard InChI is InChI=1S/C18H19BrClF/c1-9-10(2)12(4)17(13(5)11(9)3)18(20)15-7-6-14(21)8-16(15)19/h6-8,18H,1-5H3. The first kappa shape index (κ1) is 16.5. The third-order valence-corrected chi connectivity index (χ3v) is 5.69. The van der Waals surface area contributed by atoms with Crippen LogP contribution in [0.25, 0.3) is 0 Å². The highest BCUT2D eigenvalue weighted by atomic mass is 79.9. The van der Waals surface area contributed by atoms with E-state index in [1.54, 1.807) is 6.07 Å². The lowest BCUT2D eigenvalue weighted by Crippen LogP contribution is -2.06. The van der Waals surface area contributed by atoms with Gasteiger partial charge in [0.15, 0.2) is 0 Å². The molecule has 2 aromatic carbocycles. The Balaban J connectivity index is 2.66. The van der Waals surface area contributed by atoms with Crippen LogP contribution < -0.4 is 0 Å². The zero-order valence-corrected chi connectivity index (χ0v) is 15.3. The van der Waals surface area contributed by atoms with Crippen molar-refractivity contribution in [2.24, 2.45) is 0 Å². The van der Waals surface area contributed by atoms with E-state index in [9.17, 15) is 4.39 Å². The molecule has 0 saturated carbocycles. The maximum Gasteiger partial charge on any atom is 0.124 e. The third kappa shape index (κ3) is 2.89. The molecule has 0 bridgehead atoms. The third-order valence-electron chi connectivity index (χ3n) is 4.55. The molecule has 1 atom stereocenters. The molecule has 0 aromatic heterocycles. The Kier molecular flexibility index (Phi) is 4.79. The van der Waals surface area contributed by atoms with E-state index < -0.39 is 0 Å². The molecule has 1 unspecified atom stereocenters. The summed E-state index contributed by atoms with van der Waals surface area (Å²) in [6.07, 6.45) is 0. The highest BCUT2D eigenvalue weighted by Crippen LogP contribution is 2.40. The normalized spacial score (nSPS) is 12.6. The molecule has 0 spiro atoms. The van der Waals surface area contributed by atoms with Crippen LogP contribution in [-0.4, -0.2) is 0 Å². The maximum atomic E-state index is 13.3. The predicted molar refractivity (Wildman–Crippen MR) is 91.9 cm³/mol. The number of benzene rings is 2. The predicted octanol–water partition coefficient (Wildman–Crippen LogP) is 6.46. The summed E-state index contributed by atoms with van der Waals surface area (Å²) in [6.45, 7) is 10.6. The minimum Gasteiger partial charge on any atom is -0.207 e. The van der Waals surface area contributed by atoms with Crippen LogP contribution in [-0.2, 0) is 0 Å². The molecular weight excluding hydrogens is 351 g/mol. The van der Waals surface area contributed by atoms with Crippen LogP contribution in [0.1, 0.15) is 44.3 Å². The van der Waals surface area contributed by atoms with Crippen LogP contribution in [0, 0.1) is 40.4 Å². The topological polar surface area (TPSA) is 0 Å². The Bertz CT molecular complexity index is 678. The van der Waals surface area contributed by atoms with Crippen molar-refractivity contribution >= 4 is 27.5 Å². The van der Waals surface area contributed by atoms with Gasteiger partial charge in [-0.05, 0) is 85.7 Å². The summed E-state index contributed by atoms with van der Waals surface area (Å²) in [5.74, 6) is -0.265. The summed E-state index contributed by atoms with van der Waals surface area (Å²) in [6, 6.07) is 4.66. The molecule has 0 amide bonds. The molecule has 0 N–H and O–H groups in total. The molecule has 0 aliphatic carbocycles. The van der Waals surface area contributed by atoms with Crippen LogP contribution in [0.4, 0.5) is 4.39 Å². The first-order valence-electron chi connectivity index (χ1n) is 6.91. The van der Waals surface area contributed by atoms with Crippen molar-refractivity contribution in [1.29, 1.82) is 0 Å². The largest absolute Gasteiger partial charge is 0.207 e. The SMILES string of the molecule is Cc1c(C)c(C)c(C(Cl)c2ccc(F)cc2Br)c(C)c1C. The van der Waals surface area contributed by atoms with E-state index in [1.165, 1.54) is 39.9 Å². The summed E-state index contributed by atoms with van der Waals surface area (Å²) in [4.78, 5) is 0. The van der Waals surface area contributed by atoms with Crippen molar-refractivity contribution in [1.82, 2.24) is 0 Å². The van der Waals surface area contributed by atoms with Gasteiger partial charge in [-0.1, -0.05) is 22.0 Å². The minimum absolute atomic E-state index is 0.265. The van der Waals surface area contributed by atoms with Crippen molar-refractivity contribution in [2.45, 2.75) is 40.0 Å². The molecule has 0 radical (unpaired) electrons. The molecule has 112 valence electrons. The molecule has 21 heavy (non-hydrogen) atoms. The van der Waals surface area contributed by atoms with Gasteiger partial charge in [0.2, 0.25) is 0 Å². The lowest BCUT2D eigenvalue weighted by atomic mass is 9.86. The quantitative estimate of drug-likeness (QED) is 0.533. The first-order chi connectivity index (χ1) is 9.75. The Hall–Kier alpha value is -0.860. The summed E-state index contributed by atoms with van der Waals surface area (Å²) >= 11 is 10.2. The fourth-order valence-electron chi connectivity index (χ4n) is 2.77.